The maximum absolute atomic E-state index is 2.43. The minimum absolute atomic E-state index is 0.362. The van der Waals surface area contributed by atoms with Crippen LogP contribution in [0.1, 0.15) is 48.0 Å². The molecule has 1 heteroatoms. The van der Waals surface area contributed by atoms with Gasteiger partial charge in [0.1, 0.15) is 0 Å². The fraction of sp³-hybridized carbons (Fsp3) is 1.00. The Bertz CT molecular complexity index is 174. The lowest BCUT2D eigenvalue weighted by Crippen LogP contribution is -2.23. The van der Waals surface area contributed by atoms with Crippen LogP contribution in [0.15, 0.2) is 0 Å². The minimum Gasteiger partial charge on any atom is -0.0953 e. The fourth-order valence-corrected chi connectivity index (χ4v) is 8.01. The number of hydrogen-bond donors (Lipinski definition) is 0. The zero-order chi connectivity index (χ0) is 10.2. The Kier molecular flexibility index (Phi) is 3.44. The molecule has 0 bridgehead atoms. The van der Waals surface area contributed by atoms with Crippen molar-refractivity contribution in [3.8, 4) is 0 Å². The van der Waals surface area contributed by atoms with E-state index in [-0.39, 0.29) is 0 Å². The van der Waals surface area contributed by atoms with Crippen molar-refractivity contribution in [3.05, 3.63) is 0 Å². The van der Waals surface area contributed by atoms with Crippen LogP contribution in [-0.4, -0.2) is 17.0 Å². The Morgan fingerprint density at radius 2 is 1.69 bits per heavy atom. The predicted molar refractivity (Wildman–Crippen MR) is 63.9 cm³/mol. The second-order valence-corrected chi connectivity index (χ2v) is 7.94. The Labute approximate surface area is 85.2 Å². The molecule has 0 amide bonds. The molecule has 1 aliphatic heterocycles. The Hall–Kier alpha value is 0.430. The van der Waals surface area contributed by atoms with Crippen LogP contribution in [0.2, 0.25) is 0 Å². The molecule has 1 saturated heterocycles. The van der Waals surface area contributed by atoms with Crippen molar-refractivity contribution in [1.29, 1.82) is 0 Å². The van der Waals surface area contributed by atoms with E-state index >= 15 is 0 Å². The fourth-order valence-electron chi connectivity index (χ4n) is 3.35. The maximum atomic E-state index is 2.43. The van der Waals surface area contributed by atoms with Crippen LogP contribution < -0.4 is 0 Å². The van der Waals surface area contributed by atoms with Gasteiger partial charge in [-0.15, -0.1) is 0 Å². The summed E-state index contributed by atoms with van der Waals surface area (Å²) in [4.78, 5) is 0. The lowest BCUT2D eigenvalue weighted by atomic mass is 9.86. The highest BCUT2D eigenvalue weighted by Gasteiger charge is 2.63. The van der Waals surface area contributed by atoms with Crippen LogP contribution in [0.3, 0.4) is 0 Å². The van der Waals surface area contributed by atoms with E-state index in [0.717, 1.165) is 22.7 Å². The lowest BCUT2D eigenvalue weighted by molar-refractivity contribution is 0.418. The Balaban J connectivity index is 2.78. The number of hydrogen-bond acceptors (Lipinski definition) is 0. The summed E-state index contributed by atoms with van der Waals surface area (Å²) in [6.45, 7) is 14.5. The average molecular weight is 200 g/mol. The zero-order valence-corrected chi connectivity index (χ0v) is 11.0. The van der Waals surface area contributed by atoms with E-state index in [1.54, 1.807) is 0 Å². The molecule has 0 nitrogen and oxygen atoms in total. The molecule has 0 saturated carbocycles. The van der Waals surface area contributed by atoms with E-state index in [4.69, 9.17) is 0 Å². The molecule has 1 rings (SSSR count). The summed E-state index contributed by atoms with van der Waals surface area (Å²) in [6, 6.07) is 0. The topological polar surface area (TPSA) is 0 Å². The molecule has 0 aromatic rings. The SMILES string of the molecule is CCP1C(C(C)C)C1(CC)C(C)C. The largest absolute Gasteiger partial charge is 0.0953 e. The molecule has 0 radical (unpaired) electrons. The second kappa shape index (κ2) is 3.89. The monoisotopic (exact) mass is 200 g/mol. The van der Waals surface area contributed by atoms with E-state index in [0.29, 0.717) is 7.92 Å². The Morgan fingerprint density at radius 1 is 1.15 bits per heavy atom. The molecule has 78 valence electrons. The summed E-state index contributed by atoms with van der Waals surface area (Å²) in [5.74, 6) is 1.81. The molecule has 1 aliphatic rings. The van der Waals surface area contributed by atoms with Crippen molar-refractivity contribution in [3.63, 3.8) is 0 Å². The smallest absolute Gasteiger partial charge is 0.000124 e. The van der Waals surface area contributed by atoms with Crippen molar-refractivity contribution in [2.24, 2.45) is 11.8 Å². The van der Waals surface area contributed by atoms with Gasteiger partial charge in [-0.3, -0.25) is 0 Å². The highest BCUT2D eigenvalue weighted by molar-refractivity contribution is 7.68. The van der Waals surface area contributed by atoms with Crippen LogP contribution in [-0.2, 0) is 0 Å². The van der Waals surface area contributed by atoms with Gasteiger partial charge in [-0.2, -0.15) is 0 Å². The summed E-state index contributed by atoms with van der Waals surface area (Å²) >= 11 is 0. The van der Waals surface area contributed by atoms with E-state index in [1.807, 2.05) is 0 Å². The molecular formula is C12H25P. The first kappa shape index (κ1) is 11.5. The molecule has 1 heterocycles. The van der Waals surface area contributed by atoms with E-state index < -0.39 is 0 Å². The molecule has 0 aromatic carbocycles. The molecule has 0 spiro atoms. The summed E-state index contributed by atoms with van der Waals surface area (Å²) in [7, 11) is 0.362. The third-order valence-corrected chi connectivity index (χ3v) is 8.17. The zero-order valence-electron chi connectivity index (χ0n) is 10.1. The quantitative estimate of drug-likeness (QED) is 0.592. The third kappa shape index (κ3) is 1.56. The van der Waals surface area contributed by atoms with Crippen molar-refractivity contribution >= 4 is 7.92 Å². The van der Waals surface area contributed by atoms with Crippen LogP contribution in [0.25, 0.3) is 0 Å². The van der Waals surface area contributed by atoms with Crippen molar-refractivity contribution in [2.75, 3.05) is 6.16 Å². The van der Waals surface area contributed by atoms with Gasteiger partial charge in [0.05, 0.1) is 0 Å². The molecule has 13 heavy (non-hydrogen) atoms. The van der Waals surface area contributed by atoms with Crippen LogP contribution in [0, 0.1) is 11.8 Å². The van der Waals surface area contributed by atoms with Gasteiger partial charge in [0, 0.05) is 0 Å². The van der Waals surface area contributed by atoms with Gasteiger partial charge in [0.2, 0.25) is 0 Å². The summed E-state index contributed by atoms with van der Waals surface area (Å²) < 4.78 is 0. The molecule has 0 N–H and O–H groups in total. The molecule has 0 aromatic heterocycles. The highest BCUT2D eigenvalue weighted by Crippen LogP contribution is 2.81. The first-order valence-corrected chi connectivity index (χ1v) is 7.38. The third-order valence-electron chi connectivity index (χ3n) is 3.85. The van der Waals surface area contributed by atoms with Gasteiger partial charge >= 0.3 is 0 Å². The first-order chi connectivity index (χ1) is 6.02. The molecule has 1 fully saturated rings. The summed E-state index contributed by atoms with van der Waals surface area (Å²) in [6.07, 6.45) is 2.86. The standard InChI is InChI=1S/C12H25P/c1-7-12(10(5)6)11(9(3)4)13(12)8-2/h9-11H,7-8H2,1-6H3. The van der Waals surface area contributed by atoms with E-state index in [2.05, 4.69) is 41.5 Å². The van der Waals surface area contributed by atoms with Crippen molar-refractivity contribution in [1.82, 2.24) is 0 Å². The first-order valence-electron chi connectivity index (χ1n) is 5.79. The van der Waals surface area contributed by atoms with Crippen molar-refractivity contribution < 1.29 is 0 Å². The molecule has 3 unspecified atom stereocenters. The second-order valence-electron chi connectivity index (χ2n) is 4.97. The maximum Gasteiger partial charge on any atom is -0.000124 e. The van der Waals surface area contributed by atoms with Gasteiger partial charge in [-0.25, -0.2) is 0 Å². The van der Waals surface area contributed by atoms with Crippen LogP contribution >= 0.6 is 7.92 Å². The number of rotatable bonds is 4. The molecule has 3 atom stereocenters. The van der Waals surface area contributed by atoms with E-state index in [9.17, 15) is 0 Å². The van der Waals surface area contributed by atoms with Crippen LogP contribution in [0.4, 0.5) is 0 Å². The predicted octanol–water partition coefficient (Wildman–Crippen LogP) is 4.33. The minimum atomic E-state index is 0.362. The van der Waals surface area contributed by atoms with Gasteiger partial charge < -0.3 is 0 Å². The Morgan fingerprint density at radius 3 is 1.77 bits per heavy atom. The average Bonchev–Trinajstić information content (AvgIpc) is 2.73. The normalized spacial score (nSPS) is 38.8. The summed E-state index contributed by atoms with van der Waals surface area (Å²) in [5.41, 5.74) is 1.07. The van der Waals surface area contributed by atoms with Gasteiger partial charge in [-0.1, -0.05) is 49.5 Å². The lowest BCUT2D eigenvalue weighted by Gasteiger charge is -2.21. The van der Waals surface area contributed by atoms with Crippen molar-refractivity contribution in [2.45, 2.75) is 58.8 Å². The molecule has 0 aliphatic carbocycles. The van der Waals surface area contributed by atoms with E-state index in [1.165, 1.54) is 12.6 Å². The van der Waals surface area contributed by atoms with Gasteiger partial charge in [0.15, 0.2) is 0 Å². The highest BCUT2D eigenvalue weighted by atomic mass is 31.1. The molecular weight excluding hydrogens is 175 g/mol. The van der Waals surface area contributed by atoms with Crippen LogP contribution in [0.5, 0.6) is 0 Å². The van der Waals surface area contributed by atoms with Gasteiger partial charge in [0.25, 0.3) is 0 Å². The van der Waals surface area contributed by atoms with Gasteiger partial charge in [-0.05, 0) is 35.2 Å². The summed E-state index contributed by atoms with van der Waals surface area (Å²) in [5, 5.41) is 0.762.